The van der Waals surface area contributed by atoms with Crippen LogP contribution in [0.25, 0.3) is 0 Å². The summed E-state index contributed by atoms with van der Waals surface area (Å²) in [6.45, 7) is 0.834. The van der Waals surface area contributed by atoms with Gasteiger partial charge in [-0.2, -0.15) is 5.10 Å². The first-order valence-corrected chi connectivity index (χ1v) is 7.83. The molecule has 1 aliphatic rings. The number of hydrogen-bond acceptors (Lipinski definition) is 4. The molecule has 7 heteroatoms. The van der Waals surface area contributed by atoms with Gasteiger partial charge < -0.3 is 4.90 Å². The van der Waals surface area contributed by atoms with E-state index in [4.69, 9.17) is 0 Å². The summed E-state index contributed by atoms with van der Waals surface area (Å²) in [6, 6.07) is 5.57. The minimum atomic E-state index is -0.296. The van der Waals surface area contributed by atoms with E-state index in [2.05, 4.69) is 32.6 Å². The van der Waals surface area contributed by atoms with Crippen LogP contribution in [-0.2, 0) is 7.05 Å². The van der Waals surface area contributed by atoms with E-state index in [1.54, 1.807) is 10.7 Å². The van der Waals surface area contributed by atoms with Gasteiger partial charge in [0.1, 0.15) is 5.69 Å². The molecule has 6 nitrogen and oxygen atoms in total. The van der Waals surface area contributed by atoms with E-state index in [9.17, 15) is 10.1 Å². The topological polar surface area (TPSA) is 64.2 Å². The van der Waals surface area contributed by atoms with Crippen molar-refractivity contribution in [3.05, 3.63) is 49.8 Å². The van der Waals surface area contributed by atoms with Gasteiger partial charge in [-0.05, 0) is 47.6 Å². The Bertz CT molecular complexity index is 685. The first-order valence-electron chi connectivity index (χ1n) is 6.75. The average Bonchev–Trinajstić information content (AvgIpc) is 3.06. The highest BCUT2D eigenvalue weighted by Gasteiger charge is 2.31. The monoisotopic (exact) mass is 398 g/mol. The van der Waals surface area contributed by atoms with Gasteiger partial charge in [-0.25, -0.2) is 0 Å². The van der Waals surface area contributed by atoms with Crippen LogP contribution in [0.15, 0.2) is 30.6 Å². The van der Waals surface area contributed by atoms with E-state index in [1.165, 1.54) is 0 Å². The largest absolute Gasteiger partial charge is 0.359 e. The van der Waals surface area contributed by atoms with Crippen LogP contribution in [0.4, 0.5) is 11.4 Å². The third kappa shape index (κ3) is 2.74. The van der Waals surface area contributed by atoms with Crippen LogP contribution in [0, 0.1) is 13.7 Å². The maximum absolute atomic E-state index is 11.3. The maximum Gasteiger partial charge on any atom is 0.293 e. The van der Waals surface area contributed by atoms with Gasteiger partial charge in [-0.3, -0.25) is 14.8 Å². The summed E-state index contributed by atoms with van der Waals surface area (Å²) in [4.78, 5) is 13.2. The molecule has 0 amide bonds. The molecule has 1 aromatic heterocycles. The van der Waals surface area contributed by atoms with Gasteiger partial charge in [0.25, 0.3) is 5.69 Å². The Kier molecular flexibility index (Phi) is 3.83. The third-order valence-corrected chi connectivity index (χ3v) is 4.48. The van der Waals surface area contributed by atoms with Gasteiger partial charge in [0, 0.05) is 35.0 Å². The number of nitro benzene ring substituents is 1. The molecule has 1 unspecified atom stereocenters. The smallest absolute Gasteiger partial charge is 0.293 e. The van der Waals surface area contributed by atoms with Crippen molar-refractivity contribution in [2.45, 2.75) is 18.9 Å². The van der Waals surface area contributed by atoms with Crippen LogP contribution < -0.4 is 4.90 Å². The van der Waals surface area contributed by atoms with E-state index in [-0.39, 0.29) is 16.7 Å². The van der Waals surface area contributed by atoms with Crippen LogP contribution in [-0.4, -0.2) is 21.2 Å². The lowest BCUT2D eigenvalue weighted by atomic mass is 10.1. The predicted molar refractivity (Wildman–Crippen MR) is 88.3 cm³/mol. The molecule has 0 spiro atoms. The summed E-state index contributed by atoms with van der Waals surface area (Å²) in [5.74, 6) is 0. The van der Waals surface area contributed by atoms with Gasteiger partial charge in [-0.15, -0.1) is 0 Å². The summed E-state index contributed by atoms with van der Waals surface area (Å²) in [6.07, 6.45) is 5.86. The summed E-state index contributed by atoms with van der Waals surface area (Å²) in [7, 11) is 1.89. The van der Waals surface area contributed by atoms with Gasteiger partial charge in [0.05, 0.1) is 17.2 Å². The lowest BCUT2D eigenvalue weighted by Crippen LogP contribution is -2.23. The Balaban J connectivity index is 2.01. The molecule has 0 saturated carbocycles. The fourth-order valence-corrected chi connectivity index (χ4v) is 3.37. The minimum Gasteiger partial charge on any atom is -0.359 e. The van der Waals surface area contributed by atoms with Crippen molar-refractivity contribution >= 4 is 34.0 Å². The van der Waals surface area contributed by atoms with E-state index in [0.717, 1.165) is 28.5 Å². The first-order chi connectivity index (χ1) is 10.1. The maximum atomic E-state index is 11.3. The van der Waals surface area contributed by atoms with Gasteiger partial charge in [-0.1, -0.05) is 0 Å². The van der Waals surface area contributed by atoms with E-state index in [1.807, 2.05) is 31.6 Å². The summed E-state index contributed by atoms with van der Waals surface area (Å²) in [5.41, 5.74) is 1.99. The number of halogens is 1. The van der Waals surface area contributed by atoms with Crippen molar-refractivity contribution in [1.82, 2.24) is 9.78 Å². The zero-order valence-corrected chi connectivity index (χ0v) is 13.7. The molecule has 1 fully saturated rings. The summed E-state index contributed by atoms with van der Waals surface area (Å²) < 4.78 is 2.65. The van der Waals surface area contributed by atoms with Crippen molar-refractivity contribution in [3.63, 3.8) is 0 Å². The number of hydrogen-bond donors (Lipinski definition) is 0. The number of nitrogens with zero attached hydrogens (tertiary/aromatic N) is 4. The second-order valence-electron chi connectivity index (χ2n) is 5.19. The Labute approximate surface area is 136 Å². The minimum absolute atomic E-state index is 0.164. The van der Waals surface area contributed by atoms with Crippen LogP contribution in [0.2, 0.25) is 0 Å². The molecule has 1 atom stereocenters. The molecule has 2 aromatic rings. The Hall–Kier alpha value is -1.64. The number of aromatic nitrogens is 2. The molecule has 21 heavy (non-hydrogen) atoms. The van der Waals surface area contributed by atoms with Crippen molar-refractivity contribution in [3.8, 4) is 0 Å². The zero-order chi connectivity index (χ0) is 15.0. The van der Waals surface area contributed by atoms with Crippen molar-refractivity contribution in [2.24, 2.45) is 7.05 Å². The number of aryl methyl sites for hydroxylation is 1. The molecule has 110 valence electrons. The van der Waals surface area contributed by atoms with E-state index >= 15 is 0 Å². The molecule has 0 aliphatic carbocycles. The average molecular weight is 398 g/mol. The van der Waals surface area contributed by atoms with Gasteiger partial charge >= 0.3 is 0 Å². The fraction of sp³-hybridized carbons (Fsp3) is 0.357. The Morgan fingerprint density at radius 2 is 2.29 bits per heavy atom. The summed E-state index contributed by atoms with van der Waals surface area (Å²) >= 11 is 2.10. The van der Waals surface area contributed by atoms with Crippen LogP contribution in [0.3, 0.4) is 0 Å². The summed E-state index contributed by atoms with van der Waals surface area (Å²) in [5, 5.41) is 15.6. The van der Waals surface area contributed by atoms with Crippen molar-refractivity contribution < 1.29 is 4.92 Å². The highest BCUT2D eigenvalue weighted by atomic mass is 127. The van der Waals surface area contributed by atoms with E-state index < -0.39 is 0 Å². The quantitative estimate of drug-likeness (QED) is 0.452. The van der Waals surface area contributed by atoms with Crippen LogP contribution in [0.5, 0.6) is 0 Å². The second kappa shape index (κ2) is 5.63. The number of benzene rings is 1. The molecular formula is C14H15IN4O2. The second-order valence-corrected chi connectivity index (χ2v) is 6.43. The van der Waals surface area contributed by atoms with Gasteiger partial charge in [0.2, 0.25) is 0 Å². The highest BCUT2D eigenvalue weighted by Crippen LogP contribution is 2.40. The van der Waals surface area contributed by atoms with Crippen LogP contribution >= 0.6 is 22.6 Å². The zero-order valence-electron chi connectivity index (χ0n) is 11.6. The third-order valence-electron chi connectivity index (χ3n) is 3.81. The standard InChI is InChI=1S/C14H15IN4O2/c1-17-9-10(8-16-17)12-3-2-6-18(12)13-5-4-11(15)7-14(13)19(20)21/h4-5,7-9,12H,2-3,6H2,1H3. The molecule has 0 bridgehead atoms. The number of rotatable bonds is 3. The highest BCUT2D eigenvalue weighted by molar-refractivity contribution is 14.1. The fourth-order valence-electron chi connectivity index (χ4n) is 2.90. The van der Waals surface area contributed by atoms with Gasteiger partial charge in [0.15, 0.2) is 0 Å². The molecular weight excluding hydrogens is 383 g/mol. The first kappa shape index (κ1) is 14.3. The molecule has 1 aromatic carbocycles. The Morgan fingerprint density at radius 1 is 1.48 bits per heavy atom. The normalized spacial score (nSPS) is 18.2. The van der Waals surface area contributed by atoms with E-state index in [0.29, 0.717) is 5.69 Å². The number of anilines is 1. The Morgan fingerprint density at radius 3 is 2.95 bits per heavy atom. The lowest BCUT2D eigenvalue weighted by Gasteiger charge is -2.25. The molecule has 3 rings (SSSR count). The van der Waals surface area contributed by atoms with Crippen molar-refractivity contribution in [2.75, 3.05) is 11.4 Å². The molecule has 1 aliphatic heterocycles. The SMILES string of the molecule is Cn1cc(C2CCCN2c2ccc(I)cc2[N+](=O)[O-])cn1. The molecule has 0 radical (unpaired) electrons. The predicted octanol–water partition coefficient (Wildman–Crippen LogP) is 3.27. The molecule has 0 N–H and O–H groups in total. The molecule has 2 heterocycles. The number of nitro groups is 1. The van der Waals surface area contributed by atoms with Crippen molar-refractivity contribution in [1.29, 1.82) is 0 Å². The van der Waals surface area contributed by atoms with Crippen LogP contribution in [0.1, 0.15) is 24.4 Å². The molecule has 1 saturated heterocycles. The lowest BCUT2D eigenvalue weighted by molar-refractivity contribution is -0.384.